The van der Waals surface area contributed by atoms with Gasteiger partial charge in [-0.3, -0.25) is 9.69 Å². The highest BCUT2D eigenvalue weighted by Crippen LogP contribution is 2.35. The summed E-state index contributed by atoms with van der Waals surface area (Å²) < 4.78 is 21.6. The summed E-state index contributed by atoms with van der Waals surface area (Å²) in [6.07, 6.45) is 4.62. The fourth-order valence-corrected chi connectivity index (χ4v) is 5.27. The molecule has 5 nitrogen and oxygen atoms in total. The molecule has 1 saturated heterocycles. The molecule has 0 unspecified atom stereocenters. The van der Waals surface area contributed by atoms with E-state index in [0.29, 0.717) is 28.1 Å². The van der Waals surface area contributed by atoms with E-state index in [1.54, 1.807) is 21.7 Å². The van der Waals surface area contributed by atoms with Crippen LogP contribution in [0.15, 0.2) is 90.0 Å². The standard InChI is InChI=1S/C29H24FN3O2S2/c1-2-15-32-28(34)26(37-29(32)36)17-22-18-33(24-8-4-3-5-9-24)31-27(22)21-7-6-10-25(16-21)35-19-20-11-13-23(30)14-12-20/h3-14,16-18H,2,15,19H2,1H3. The predicted octanol–water partition coefficient (Wildman–Crippen LogP) is 6.87. The SMILES string of the molecule is CCCN1C(=O)C(=Cc2cn(-c3ccccc3)nc2-c2cccc(OCc3ccc(F)cc3)c2)SC1=S. The number of thioether (sulfide) groups is 1. The Morgan fingerprint density at radius 3 is 2.59 bits per heavy atom. The Morgan fingerprint density at radius 1 is 1.05 bits per heavy atom. The molecule has 2 heterocycles. The second-order valence-electron chi connectivity index (χ2n) is 8.49. The van der Waals surface area contributed by atoms with Crippen LogP contribution in [0.2, 0.25) is 0 Å². The number of hydrogen-bond acceptors (Lipinski definition) is 5. The number of aromatic nitrogens is 2. The number of rotatable bonds is 8. The number of carbonyl (C=O) groups is 1. The molecule has 5 rings (SSSR count). The van der Waals surface area contributed by atoms with Crippen molar-refractivity contribution in [3.05, 3.63) is 107 Å². The molecule has 0 N–H and O–H groups in total. The van der Waals surface area contributed by atoms with Crippen molar-refractivity contribution in [1.29, 1.82) is 0 Å². The first-order valence-electron chi connectivity index (χ1n) is 11.9. The van der Waals surface area contributed by atoms with Gasteiger partial charge in [-0.2, -0.15) is 5.10 Å². The monoisotopic (exact) mass is 529 g/mol. The largest absolute Gasteiger partial charge is 0.489 e. The van der Waals surface area contributed by atoms with Crippen LogP contribution in [-0.2, 0) is 11.4 Å². The fourth-order valence-electron chi connectivity index (χ4n) is 3.97. The molecule has 0 atom stereocenters. The van der Waals surface area contributed by atoms with Crippen molar-refractivity contribution in [1.82, 2.24) is 14.7 Å². The van der Waals surface area contributed by atoms with E-state index in [2.05, 4.69) is 0 Å². The molecule has 1 amide bonds. The van der Waals surface area contributed by atoms with Gasteiger partial charge in [0.15, 0.2) is 0 Å². The first-order chi connectivity index (χ1) is 18.0. The molecular formula is C29H24FN3O2S2. The van der Waals surface area contributed by atoms with E-state index in [0.717, 1.165) is 34.5 Å². The van der Waals surface area contributed by atoms with Crippen molar-refractivity contribution in [2.24, 2.45) is 0 Å². The highest BCUT2D eigenvalue weighted by atomic mass is 32.2. The molecule has 186 valence electrons. The van der Waals surface area contributed by atoms with Gasteiger partial charge < -0.3 is 4.74 Å². The van der Waals surface area contributed by atoms with Crippen LogP contribution in [0, 0.1) is 5.82 Å². The first-order valence-corrected chi connectivity index (χ1v) is 13.1. The number of amides is 1. The summed E-state index contributed by atoms with van der Waals surface area (Å²) in [5, 5.41) is 4.87. The summed E-state index contributed by atoms with van der Waals surface area (Å²) in [5.41, 5.74) is 4.15. The van der Waals surface area contributed by atoms with Crippen molar-refractivity contribution >= 4 is 40.3 Å². The van der Waals surface area contributed by atoms with Gasteiger partial charge in [-0.25, -0.2) is 9.07 Å². The number of ether oxygens (including phenoxy) is 1. The third-order valence-corrected chi connectivity index (χ3v) is 7.17. The lowest BCUT2D eigenvalue weighted by atomic mass is 10.1. The first kappa shape index (κ1) is 24.9. The van der Waals surface area contributed by atoms with Crippen molar-refractivity contribution in [2.45, 2.75) is 20.0 Å². The van der Waals surface area contributed by atoms with Gasteiger partial charge >= 0.3 is 0 Å². The predicted molar refractivity (Wildman–Crippen MR) is 150 cm³/mol. The van der Waals surface area contributed by atoms with E-state index in [1.807, 2.05) is 73.8 Å². The Hall–Kier alpha value is -3.75. The van der Waals surface area contributed by atoms with E-state index in [9.17, 15) is 9.18 Å². The summed E-state index contributed by atoms with van der Waals surface area (Å²) in [4.78, 5) is 15.2. The van der Waals surface area contributed by atoms with Gasteiger partial charge in [0.2, 0.25) is 0 Å². The molecular weight excluding hydrogens is 505 g/mol. The highest BCUT2D eigenvalue weighted by Gasteiger charge is 2.31. The molecule has 8 heteroatoms. The summed E-state index contributed by atoms with van der Waals surface area (Å²) in [6.45, 7) is 2.94. The molecule has 0 radical (unpaired) electrons. The number of nitrogens with zero attached hydrogens (tertiary/aromatic N) is 3. The second-order valence-corrected chi connectivity index (χ2v) is 10.2. The molecule has 3 aromatic carbocycles. The normalized spacial score (nSPS) is 14.5. The van der Waals surface area contributed by atoms with Crippen LogP contribution < -0.4 is 4.74 Å². The fraction of sp³-hybridized carbons (Fsp3) is 0.138. The highest BCUT2D eigenvalue weighted by molar-refractivity contribution is 8.26. The Morgan fingerprint density at radius 2 is 1.84 bits per heavy atom. The van der Waals surface area contributed by atoms with Gasteiger partial charge in [-0.1, -0.05) is 73.4 Å². The maximum absolute atomic E-state index is 13.2. The lowest BCUT2D eigenvalue weighted by Crippen LogP contribution is -2.28. The van der Waals surface area contributed by atoms with Crippen molar-refractivity contribution in [3.63, 3.8) is 0 Å². The Labute approximate surface area is 224 Å². The van der Waals surface area contributed by atoms with E-state index in [1.165, 1.54) is 23.9 Å². The average molecular weight is 530 g/mol. The number of carbonyl (C=O) groups excluding carboxylic acids is 1. The van der Waals surface area contributed by atoms with Crippen LogP contribution in [0.3, 0.4) is 0 Å². The Balaban J connectivity index is 1.49. The third-order valence-electron chi connectivity index (χ3n) is 5.80. The number of halogens is 1. The molecule has 37 heavy (non-hydrogen) atoms. The Bertz CT molecular complexity index is 1470. The second kappa shape index (κ2) is 11.1. The van der Waals surface area contributed by atoms with Crippen molar-refractivity contribution in [2.75, 3.05) is 6.54 Å². The third kappa shape index (κ3) is 5.65. The lowest BCUT2D eigenvalue weighted by Gasteiger charge is -2.11. The Kier molecular flexibility index (Phi) is 7.48. The van der Waals surface area contributed by atoms with E-state index >= 15 is 0 Å². The van der Waals surface area contributed by atoms with Gasteiger partial charge in [0, 0.05) is 23.9 Å². The lowest BCUT2D eigenvalue weighted by molar-refractivity contribution is -0.122. The van der Waals surface area contributed by atoms with Crippen molar-refractivity contribution in [3.8, 4) is 22.7 Å². The summed E-state index contributed by atoms with van der Waals surface area (Å²) in [7, 11) is 0. The molecule has 0 aliphatic carbocycles. The van der Waals surface area contributed by atoms with Crippen LogP contribution in [0.25, 0.3) is 23.0 Å². The minimum Gasteiger partial charge on any atom is -0.489 e. The van der Waals surface area contributed by atoms with Gasteiger partial charge in [0.05, 0.1) is 10.6 Å². The number of para-hydroxylation sites is 1. The quantitative estimate of drug-likeness (QED) is 0.184. The minimum atomic E-state index is -0.279. The van der Waals surface area contributed by atoms with Crippen LogP contribution in [-0.4, -0.2) is 31.5 Å². The van der Waals surface area contributed by atoms with Crippen LogP contribution in [0.1, 0.15) is 24.5 Å². The smallest absolute Gasteiger partial charge is 0.266 e. The summed E-state index contributed by atoms with van der Waals surface area (Å²) in [5.74, 6) is 0.307. The maximum atomic E-state index is 13.2. The van der Waals surface area contributed by atoms with Gasteiger partial charge in [0.25, 0.3) is 5.91 Å². The number of benzene rings is 3. The van der Waals surface area contributed by atoms with Gasteiger partial charge in [-0.05, 0) is 54.5 Å². The average Bonchev–Trinajstić information content (AvgIpc) is 3.46. The molecule has 4 aromatic rings. The number of hydrogen-bond donors (Lipinski definition) is 0. The maximum Gasteiger partial charge on any atom is 0.266 e. The van der Waals surface area contributed by atoms with Crippen LogP contribution >= 0.6 is 24.0 Å². The molecule has 0 spiro atoms. The van der Waals surface area contributed by atoms with Gasteiger partial charge in [-0.15, -0.1) is 0 Å². The number of thiocarbonyl (C=S) groups is 1. The molecule has 0 saturated carbocycles. The van der Waals surface area contributed by atoms with Crippen molar-refractivity contribution < 1.29 is 13.9 Å². The van der Waals surface area contributed by atoms with E-state index in [-0.39, 0.29) is 11.7 Å². The molecule has 1 fully saturated rings. The molecule has 1 aliphatic heterocycles. The van der Waals surface area contributed by atoms with Crippen LogP contribution in [0.4, 0.5) is 4.39 Å². The molecule has 0 bridgehead atoms. The minimum absolute atomic E-state index is 0.0772. The molecule has 1 aliphatic rings. The van der Waals surface area contributed by atoms with E-state index < -0.39 is 0 Å². The topological polar surface area (TPSA) is 47.4 Å². The summed E-state index contributed by atoms with van der Waals surface area (Å²) in [6, 6.07) is 23.7. The van der Waals surface area contributed by atoms with Gasteiger partial charge in [0.1, 0.15) is 28.2 Å². The zero-order valence-corrected chi connectivity index (χ0v) is 21.8. The van der Waals surface area contributed by atoms with E-state index in [4.69, 9.17) is 22.1 Å². The molecule has 1 aromatic heterocycles. The van der Waals surface area contributed by atoms with Crippen LogP contribution in [0.5, 0.6) is 5.75 Å². The zero-order chi connectivity index (χ0) is 25.8. The summed E-state index contributed by atoms with van der Waals surface area (Å²) >= 11 is 6.76. The zero-order valence-electron chi connectivity index (χ0n) is 20.1.